The van der Waals surface area contributed by atoms with Gasteiger partial charge in [0.2, 0.25) is 0 Å². The normalized spacial score (nSPS) is 19.8. The van der Waals surface area contributed by atoms with Gasteiger partial charge in [-0.2, -0.15) is 0 Å². The summed E-state index contributed by atoms with van der Waals surface area (Å²) in [6.45, 7) is 7.69. The SMILES string of the molecule is CCOCc1nc2c(c(NCC3COCCO3)n1)CCNCC2.Cl.Cl. The minimum absolute atomic E-state index is 0. The predicted octanol–water partition coefficient (Wildman–Crippen LogP) is 1.37. The number of nitrogens with zero attached hydrogens (tertiary/aromatic N) is 2. The molecule has 0 radical (unpaired) electrons. The molecule has 3 rings (SSSR count). The van der Waals surface area contributed by atoms with Crippen LogP contribution >= 0.6 is 24.8 Å². The topological polar surface area (TPSA) is 77.5 Å². The first-order valence-electron chi connectivity index (χ1n) is 8.47. The van der Waals surface area contributed by atoms with Gasteiger partial charge in [-0.15, -0.1) is 24.8 Å². The summed E-state index contributed by atoms with van der Waals surface area (Å²) in [7, 11) is 0. The molecular weight excluding hydrogens is 367 g/mol. The van der Waals surface area contributed by atoms with Gasteiger partial charge in [0.1, 0.15) is 12.4 Å². The third-order valence-corrected chi connectivity index (χ3v) is 4.05. The van der Waals surface area contributed by atoms with Gasteiger partial charge in [-0.3, -0.25) is 0 Å². The van der Waals surface area contributed by atoms with Crippen LogP contribution in [0.5, 0.6) is 0 Å². The van der Waals surface area contributed by atoms with Crippen molar-refractivity contribution in [3.63, 3.8) is 0 Å². The monoisotopic (exact) mass is 394 g/mol. The van der Waals surface area contributed by atoms with Crippen LogP contribution < -0.4 is 10.6 Å². The lowest BCUT2D eigenvalue weighted by molar-refractivity contribution is -0.0819. The minimum atomic E-state index is 0. The summed E-state index contributed by atoms with van der Waals surface area (Å²) in [6, 6.07) is 0. The van der Waals surface area contributed by atoms with Crippen molar-refractivity contribution in [2.75, 3.05) is 51.4 Å². The molecule has 0 saturated carbocycles. The van der Waals surface area contributed by atoms with Gasteiger partial charge in [-0.05, 0) is 19.9 Å². The van der Waals surface area contributed by atoms with Gasteiger partial charge < -0.3 is 24.8 Å². The fourth-order valence-corrected chi connectivity index (χ4v) is 2.87. The molecule has 2 aliphatic rings. The number of nitrogens with one attached hydrogen (secondary N) is 2. The number of hydrogen-bond acceptors (Lipinski definition) is 7. The van der Waals surface area contributed by atoms with Crippen molar-refractivity contribution in [3.8, 4) is 0 Å². The zero-order chi connectivity index (χ0) is 15.9. The maximum absolute atomic E-state index is 5.70. The third kappa shape index (κ3) is 6.51. The smallest absolute Gasteiger partial charge is 0.156 e. The zero-order valence-electron chi connectivity index (χ0n) is 14.6. The van der Waals surface area contributed by atoms with Gasteiger partial charge in [0.15, 0.2) is 5.82 Å². The number of rotatable bonds is 6. The van der Waals surface area contributed by atoms with Gasteiger partial charge in [0, 0.05) is 31.7 Å². The predicted molar refractivity (Wildman–Crippen MR) is 101 cm³/mol. The highest BCUT2D eigenvalue weighted by molar-refractivity contribution is 5.85. The summed E-state index contributed by atoms with van der Waals surface area (Å²) in [4.78, 5) is 9.37. The number of aromatic nitrogens is 2. The van der Waals surface area contributed by atoms with E-state index in [1.165, 1.54) is 5.56 Å². The number of ether oxygens (including phenoxy) is 3. The van der Waals surface area contributed by atoms with E-state index in [0.717, 1.165) is 43.3 Å². The van der Waals surface area contributed by atoms with Crippen LogP contribution in [-0.2, 0) is 33.7 Å². The van der Waals surface area contributed by atoms with Crippen LogP contribution in [0.2, 0.25) is 0 Å². The van der Waals surface area contributed by atoms with Crippen molar-refractivity contribution in [1.29, 1.82) is 0 Å². The summed E-state index contributed by atoms with van der Waals surface area (Å²) < 4.78 is 16.6. The largest absolute Gasteiger partial charge is 0.376 e. The second-order valence-corrected chi connectivity index (χ2v) is 5.75. The molecule has 7 nitrogen and oxygen atoms in total. The highest BCUT2D eigenvalue weighted by Gasteiger charge is 2.19. The average molecular weight is 395 g/mol. The van der Waals surface area contributed by atoms with E-state index in [9.17, 15) is 0 Å². The lowest BCUT2D eigenvalue weighted by Crippen LogP contribution is -2.34. The van der Waals surface area contributed by atoms with Gasteiger partial charge in [0.05, 0.1) is 31.6 Å². The summed E-state index contributed by atoms with van der Waals surface area (Å²) in [5.41, 5.74) is 2.34. The Hall–Kier alpha value is -0.700. The van der Waals surface area contributed by atoms with Crippen LogP contribution in [0.4, 0.5) is 5.82 Å². The second-order valence-electron chi connectivity index (χ2n) is 5.75. The number of hydrogen-bond donors (Lipinski definition) is 2. The van der Waals surface area contributed by atoms with Crippen LogP contribution in [0.15, 0.2) is 0 Å². The lowest BCUT2D eigenvalue weighted by atomic mass is 10.1. The van der Waals surface area contributed by atoms with E-state index < -0.39 is 0 Å². The van der Waals surface area contributed by atoms with Crippen molar-refractivity contribution in [1.82, 2.24) is 15.3 Å². The molecule has 25 heavy (non-hydrogen) atoms. The molecule has 0 spiro atoms. The maximum Gasteiger partial charge on any atom is 0.156 e. The first-order chi connectivity index (χ1) is 11.4. The number of anilines is 1. The molecule has 1 aromatic rings. The molecule has 0 bridgehead atoms. The van der Waals surface area contributed by atoms with Crippen LogP contribution in [0.1, 0.15) is 24.0 Å². The van der Waals surface area contributed by atoms with Gasteiger partial charge in [-0.1, -0.05) is 0 Å². The molecule has 0 aliphatic carbocycles. The Bertz CT molecular complexity index is 516. The minimum Gasteiger partial charge on any atom is -0.376 e. The van der Waals surface area contributed by atoms with Crippen LogP contribution in [0, 0.1) is 0 Å². The summed E-state index contributed by atoms with van der Waals surface area (Å²) >= 11 is 0. The van der Waals surface area contributed by atoms with E-state index in [2.05, 4.69) is 15.6 Å². The summed E-state index contributed by atoms with van der Waals surface area (Å²) in [5, 5.41) is 6.87. The molecule has 144 valence electrons. The van der Waals surface area contributed by atoms with Crippen LogP contribution in [0.25, 0.3) is 0 Å². The maximum atomic E-state index is 5.70. The van der Waals surface area contributed by atoms with E-state index in [0.29, 0.717) is 39.6 Å². The molecule has 2 aliphatic heterocycles. The van der Waals surface area contributed by atoms with E-state index in [-0.39, 0.29) is 30.9 Å². The highest BCUT2D eigenvalue weighted by Crippen LogP contribution is 2.20. The Labute approximate surface area is 161 Å². The van der Waals surface area contributed by atoms with Crippen molar-refractivity contribution in [3.05, 3.63) is 17.1 Å². The lowest BCUT2D eigenvalue weighted by Gasteiger charge is -2.24. The van der Waals surface area contributed by atoms with E-state index in [1.807, 2.05) is 6.92 Å². The standard InChI is InChI=1S/C16H26N4O3.2ClH/c1-2-21-11-15-19-14-4-6-17-5-3-13(14)16(20-15)18-9-12-10-22-7-8-23-12;;/h12,17H,2-11H2,1H3,(H,18,19,20);2*1H. The molecule has 1 aromatic heterocycles. The molecule has 1 unspecified atom stereocenters. The van der Waals surface area contributed by atoms with Gasteiger partial charge >= 0.3 is 0 Å². The fourth-order valence-electron chi connectivity index (χ4n) is 2.87. The molecule has 1 saturated heterocycles. The Morgan fingerprint density at radius 1 is 1.20 bits per heavy atom. The van der Waals surface area contributed by atoms with E-state index in [1.54, 1.807) is 0 Å². The van der Waals surface area contributed by atoms with Crippen molar-refractivity contribution in [2.24, 2.45) is 0 Å². The van der Waals surface area contributed by atoms with Gasteiger partial charge in [0.25, 0.3) is 0 Å². The average Bonchev–Trinajstić information content (AvgIpc) is 2.84. The Morgan fingerprint density at radius 3 is 2.80 bits per heavy atom. The second kappa shape index (κ2) is 11.8. The van der Waals surface area contributed by atoms with Crippen LogP contribution in [-0.4, -0.2) is 62.1 Å². The molecule has 3 heterocycles. The summed E-state index contributed by atoms with van der Waals surface area (Å²) in [5.74, 6) is 1.67. The number of halogens is 2. The number of fused-ring (bicyclic) bond motifs is 1. The molecule has 1 atom stereocenters. The molecule has 0 amide bonds. The Morgan fingerprint density at radius 2 is 2.04 bits per heavy atom. The quantitative estimate of drug-likeness (QED) is 0.754. The molecule has 1 fully saturated rings. The van der Waals surface area contributed by atoms with E-state index in [4.69, 9.17) is 19.2 Å². The fraction of sp³-hybridized carbons (Fsp3) is 0.750. The highest BCUT2D eigenvalue weighted by atomic mass is 35.5. The van der Waals surface area contributed by atoms with Crippen molar-refractivity contribution < 1.29 is 14.2 Å². The summed E-state index contributed by atoms with van der Waals surface area (Å²) in [6.07, 6.45) is 1.94. The zero-order valence-corrected chi connectivity index (χ0v) is 16.2. The Balaban J connectivity index is 0.00000156. The molecule has 2 N–H and O–H groups in total. The van der Waals surface area contributed by atoms with Crippen molar-refractivity contribution in [2.45, 2.75) is 32.5 Å². The van der Waals surface area contributed by atoms with Crippen LogP contribution in [0.3, 0.4) is 0 Å². The van der Waals surface area contributed by atoms with Crippen molar-refractivity contribution >= 4 is 30.6 Å². The Kier molecular flexibility index (Phi) is 10.6. The molecule has 9 heteroatoms. The first-order valence-corrected chi connectivity index (χ1v) is 8.47. The first kappa shape index (κ1) is 22.3. The molecule has 0 aromatic carbocycles. The van der Waals surface area contributed by atoms with E-state index >= 15 is 0 Å². The third-order valence-electron chi connectivity index (χ3n) is 4.05. The van der Waals surface area contributed by atoms with Gasteiger partial charge in [-0.25, -0.2) is 9.97 Å². The molecular formula is C16H28Cl2N4O3.